The van der Waals surface area contributed by atoms with Gasteiger partial charge in [-0.25, -0.2) is 0 Å². The standard InChI is InChI=1S/C15H31N3O2/c1-4-17-15(3,14(16)19)9-6-10-18-11-7-13(8-12-18)20-5-2/h13,17H,4-12H2,1-3H3,(H2,16,19). The first kappa shape index (κ1) is 17.4. The van der Waals surface area contributed by atoms with Crippen molar-refractivity contribution in [3.05, 3.63) is 0 Å². The number of ether oxygens (including phenoxy) is 1. The van der Waals surface area contributed by atoms with E-state index < -0.39 is 5.54 Å². The Bertz CT molecular complexity index is 291. The molecule has 0 aromatic rings. The molecule has 5 heteroatoms. The largest absolute Gasteiger partial charge is 0.378 e. The zero-order valence-electron chi connectivity index (χ0n) is 13.3. The number of carbonyl (C=O) groups is 1. The summed E-state index contributed by atoms with van der Waals surface area (Å²) < 4.78 is 5.66. The van der Waals surface area contributed by atoms with Crippen LogP contribution in [0.2, 0.25) is 0 Å². The molecule has 0 bridgehead atoms. The van der Waals surface area contributed by atoms with Gasteiger partial charge >= 0.3 is 0 Å². The first-order valence-electron chi connectivity index (χ1n) is 7.90. The van der Waals surface area contributed by atoms with Gasteiger partial charge < -0.3 is 20.7 Å². The Balaban J connectivity index is 2.25. The van der Waals surface area contributed by atoms with Gasteiger partial charge in [0.1, 0.15) is 0 Å². The van der Waals surface area contributed by atoms with Crippen LogP contribution in [0.1, 0.15) is 46.5 Å². The highest BCUT2D eigenvalue weighted by atomic mass is 16.5. The van der Waals surface area contributed by atoms with Crippen molar-refractivity contribution >= 4 is 5.91 Å². The van der Waals surface area contributed by atoms with Crippen LogP contribution in [-0.2, 0) is 9.53 Å². The smallest absolute Gasteiger partial charge is 0.237 e. The van der Waals surface area contributed by atoms with E-state index in [-0.39, 0.29) is 5.91 Å². The zero-order valence-corrected chi connectivity index (χ0v) is 13.3. The van der Waals surface area contributed by atoms with Crippen molar-refractivity contribution in [2.24, 2.45) is 5.73 Å². The number of nitrogens with zero attached hydrogens (tertiary/aromatic N) is 1. The molecule has 118 valence electrons. The number of likely N-dealkylation sites (tertiary alicyclic amines) is 1. The summed E-state index contributed by atoms with van der Waals surface area (Å²) in [6.07, 6.45) is 4.46. The van der Waals surface area contributed by atoms with Gasteiger partial charge in [-0.05, 0) is 52.6 Å². The lowest BCUT2D eigenvalue weighted by molar-refractivity contribution is -0.124. The van der Waals surface area contributed by atoms with Crippen molar-refractivity contribution in [2.75, 3.05) is 32.8 Å². The molecule has 1 saturated heterocycles. The molecule has 20 heavy (non-hydrogen) atoms. The molecule has 5 nitrogen and oxygen atoms in total. The van der Waals surface area contributed by atoms with Crippen LogP contribution >= 0.6 is 0 Å². The van der Waals surface area contributed by atoms with E-state index in [0.29, 0.717) is 6.10 Å². The van der Waals surface area contributed by atoms with E-state index in [9.17, 15) is 4.79 Å². The maximum absolute atomic E-state index is 11.5. The van der Waals surface area contributed by atoms with Gasteiger partial charge in [0.2, 0.25) is 5.91 Å². The molecule has 3 N–H and O–H groups in total. The molecule has 0 aromatic heterocycles. The lowest BCUT2D eigenvalue weighted by atomic mass is 9.94. The first-order chi connectivity index (χ1) is 9.51. The molecule has 0 saturated carbocycles. The van der Waals surface area contributed by atoms with E-state index in [2.05, 4.69) is 17.1 Å². The molecule has 0 radical (unpaired) electrons. The maximum atomic E-state index is 11.5. The predicted octanol–water partition coefficient (Wildman–Crippen LogP) is 1.12. The zero-order chi connectivity index (χ0) is 15.0. The van der Waals surface area contributed by atoms with E-state index in [1.807, 2.05) is 13.8 Å². The Morgan fingerprint density at radius 3 is 2.55 bits per heavy atom. The van der Waals surface area contributed by atoms with Crippen LogP contribution in [0.25, 0.3) is 0 Å². The molecular weight excluding hydrogens is 254 g/mol. The third-order valence-corrected chi connectivity index (χ3v) is 4.20. The summed E-state index contributed by atoms with van der Waals surface area (Å²) in [5, 5.41) is 3.21. The van der Waals surface area contributed by atoms with Gasteiger partial charge in [-0.1, -0.05) is 6.92 Å². The van der Waals surface area contributed by atoms with Gasteiger partial charge in [0.15, 0.2) is 0 Å². The molecule has 0 spiro atoms. The Morgan fingerprint density at radius 2 is 2.05 bits per heavy atom. The Morgan fingerprint density at radius 1 is 1.40 bits per heavy atom. The lowest BCUT2D eigenvalue weighted by Gasteiger charge is -2.33. The molecule has 1 amide bonds. The molecular formula is C15H31N3O2. The number of amides is 1. The first-order valence-corrected chi connectivity index (χ1v) is 7.90. The molecule has 1 heterocycles. The normalized spacial score (nSPS) is 20.8. The van der Waals surface area contributed by atoms with Crippen molar-refractivity contribution in [3.8, 4) is 0 Å². The maximum Gasteiger partial charge on any atom is 0.237 e. The number of hydrogen-bond acceptors (Lipinski definition) is 4. The number of nitrogens with two attached hydrogens (primary N) is 1. The van der Waals surface area contributed by atoms with Gasteiger partial charge in [-0.3, -0.25) is 4.79 Å². The number of piperidine rings is 1. The number of carbonyl (C=O) groups excluding carboxylic acids is 1. The van der Waals surface area contributed by atoms with E-state index in [0.717, 1.165) is 58.5 Å². The summed E-state index contributed by atoms with van der Waals surface area (Å²) in [6.45, 7) is 10.8. The van der Waals surface area contributed by atoms with Gasteiger partial charge in [0.05, 0.1) is 11.6 Å². The summed E-state index contributed by atoms with van der Waals surface area (Å²) in [6, 6.07) is 0. The molecule has 1 fully saturated rings. The van der Waals surface area contributed by atoms with Crippen LogP contribution in [0, 0.1) is 0 Å². The van der Waals surface area contributed by atoms with E-state index in [4.69, 9.17) is 10.5 Å². The van der Waals surface area contributed by atoms with Crippen molar-refractivity contribution in [2.45, 2.75) is 58.1 Å². The van der Waals surface area contributed by atoms with Crippen LogP contribution in [0.3, 0.4) is 0 Å². The summed E-state index contributed by atoms with van der Waals surface area (Å²) >= 11 is 0. The summed E-state index contributed by atoms with van der Waals surface area (Å²) in [5.41, 5.74) is 4.93. The topological polar surface area (TPSA) is 67.6 Å². The molecule has 1 atom stereocenters. The van der Waals surface area contributed by atoms with Crippen LogP contribution in [0.5, 0.6) is 0 Å². The highest BCUT2D eigenvalue weighted by molar-refractivity contribution is 5.84. The van der Waals surface area contributed by atoms with Gasteiger partial charge in [0.25, 0.3) is 0 Å². The van der Waals surface area contributed by atoms with E-state index >= 15 is 0 Å². The lowest BCUT2D eigenvalue weighted by Crippen LogP contribution is -2.53. The van der Waals surface area contributed by atoms with E-state index in [1.165, 1.54) is 0 Å². The number of rotatable bonds is 9. The summed E-state index contributed by atoms with van der Waals surface area (Å²) in [4.78, 5) is 14.0. The second kappa shape index (κ2) is 8.60. The number of hydrogen-bond donors (Lipinski definition) is 2. The quantitative estimate of drug-likeness (QED) is 0.666. The summed E-state index contributed by atoms with van der Waals surface area (Å²) in [5.74, 6) is -0.255. The fraction of sp³-hybridized carbons (Fsp3) is 0.933. The highest BCUT2D eigenvalue weighted by Gasteiger charge is 2.29. The van der Waals surface area contributed by atoms with Crippen LogP contribution in [-0.4, -0.2) is 55.2 Å². The van der Waals surface area contributed by atoms with Crippen molar-refractivity contribution < 1.29 is 9.53 Å². The third kappa shape index (κ3) is 5.38. The molecule has 1 aliphatic rings. The Labute approximate surface area is 123 Å². The van der Waals surface area contributed by atoms with Gasteiger partial charge in [-0.15, -0.1) is 0 Å². The van der Waals surface area contributed by atoms with Gasteiger partial charge in [0, 0.05) is 19.7 Å². The minimum atomic E-state index is -0.571. The second-order valence-electron chi connectivity index (χ2n) is 5.83. The summed E-state index contributed by atoms with van der Waals surface area (Å²) in [7, 11) is 0. The fourth-order valence-electron chi connectivity index (χ4n) is 2.88. The second-order valence-corrected chi connectivity index (χ2v) is 5.83. The molecule has 0 aliphatic carbocycles. The van der Waals surface area contributed by atoms with Crippen LogP contribution in [0.4, 0.5) is 0 Å². The number of nitrogens with one attached hydrogen (secondary N) is 1. The molecule has 1 unspecified atom stereocenters. The Kier molecular flexibility index (Phi) is 7.48. The van der Waals surface area contributed by atoms with Crippen molar-refractivity contribution in [1.29, 1.82) is 0 Å². The average Bonchev–Trinajstić information content (AvgIpc) is 2.41. The molecule has 1 aliphatic heterocycles. The fourth-order valence-corrected chi connectivity index (χ4v) is 2.88. The van der Waals surface area contributed by atoms with E-state index in [1.54, 1.807) is 0 Å². The van der Waals surface area contributed by atoms with Gasteiger partial charge in [-0.2, -0.15) is 0 Å². The third-order valence-electron chi connectivity index (χ3n) is 4.20. The van der Waals surface area contributed by atoms with Crippen molar-refractivity contribution in [3.63, 3.8) is 0 Å². The Hall–Kier alpha value is -0.650. The highest BCUT2D eigenvalue weighted by Crippen LogP contribution is 2.16. The SMILES string of the molecule is CCNC(C)(CCCN1CCC(OCC)CC1)C(N)=O. The van der Waals surface area contributed by atoms with Crippen molar-refractivity contribution in [1.82, 2.24) is 10.2 Å². The van der Waals surface area contributed by atoms with Crippen LogP contribution in [0.15, 0.2) is 0 Å². The number of likely N-dealkylation sites (N-methyl/N-ethyl adjacent to an activating group) is 1. The monoisotopic (exact) mass is 285 g/mol. The molecule has 1 rings (SSSR count). The average molecular weight is 285 g/mol. The molecule has 0 aromatic carbocycles. The minimum Gasteiger partial charge on any atom is -0.378 e. The number of primary amides is 1. The van der Waals surface area contributed by atoms with Crippen LogP contribution < -0.4 is 11.1 Å². The predicted molar refractivity (Wildman–Crippen MR) is 81.6 cm³/mol. The minimum absolute atomic E-state index is 0.255.